The highest BCUT2D eigenvalue weighted by Gasteiger charge is 2.17. The lowest BCUT2D eigenvalue weighted by Gasteiger charge is -2.18. The molecule has 1 atom stereocenters. The Morgan fingerprint density at radius 2 is 2.10 bits per heavy atom. The molecule has 1 heterocycles. The Balaban J connectivity index is 2.31. The van der Waals surface area contributed by atoms with E-state index in [9.17, 15) is 4.39 Å². The molecule has 3 nitrogen and oxygen atoms in total. The second kappa shape index (κ2) is 6.31. The highest BCUT2D eigenvalue weighted by Crippen LogP contribution is 2.23. The molecule has 0 radical (unpaired) electrons. The summed E-state index contributed by atoms with van der Waals surface area (Å²) in [5.41, 5.74) is 6.14. The number of nitrogens with one attached hydrogen (secondary N) is 1. The summed E-state index contributed by atoms with van der Waals surface area (Å²) in [6, 6.07) is 6.27. The molecule has 0 amide bonds. The van der Waals surface area contributed by atoms with E-state index in [4.69, 9.17) is 17.4 Å². The average Bonchev–Trinajstić information content (AvgIpc) is 2.40. The fraction of sp³-hybridized carbons (Fsp3) is 0.267. The Morgan fingerprint density at radius 1 is 1.35 bits per heavy atom. The van der Waals surface area contributed by atoms with Crippen molar-refractivity contribution in [3.8, 4) is 0 Å². The summed E-state index contributed by atoms with van der Waals surface area (Å²) >= 11 is 5.91. The molecule has 2 aromatic rings. The summed E-state index contributed by atoms with van der Waals surface area (Å²) in [4.78, 5) is 4.40. The zero-order chi connectivity index (χ0) is 14.7. The van der Waals surface area contributed by atoms with Gasteiger partial charge >= 0.3 is 0 Å². The lowest BCUT2D eigenvalue weighted by Crippen LogP contribution is -2.31. The van der Waals surface area contributed by atoms with E-state index in [0.29, 0.717) is 17.0 Å². The summed E-state index contributed by atoms with van der Waals surface area (Å²) < 4.78 is 13.8. The number of halogens is 2. The SMILES string of the molecule is Cc1cnc(C(Cc2cc(Cl)ccc2F)NN)c(C)c1. The van der Waals surface area contributed by atoms with Gasteiger partial charge in [0.1, 0.15) is 5.82 Å². The Hall–Kier alpha value is -1.49. The minimum Gasteiger partial charge on any atom is -0.271 e. The largest absolute Gasteiger partial charge is 0.271 e. The van der Waals surface area contributed by atoms with Gasteiger partial charge in [0.15, 0.2) is 0 Å². The summed E-state index contributed by atoms with van der Waals surface area (Å²) in [7, 11) is 0. The van der Waals surface area contributed by atoms with Gasteiger partial charge in [-0.3, -0.25) is 16.3 Å². The van der Waals surface area contributed by atoms with Crippen molar-refractivity contribution < 1.29 is 4.39 Å². The molecule has 0 aliphatic heterocycles. The number of aryl methyl sites for hydroxylation is 2. The highest BCUT2D eigenvalue weighted by molar-refractivity contribution is 6.30. The highest BCUT2D eigenvalue weighted by atomic mass is 35.5. The summed E-state index contributed by atoms with van der Waals surface area (Å²) in [6.45, 7) is 3.94. The van der Waals surface area contributed by atoms with Gasteiger partial charge in [0, 0.05) is 11.2 Å². The maximum Gasteiger partial charge on any atom is 0.126 e. The quantitative estimate of drug-likeness (QED) is 0.672. The van der Waals surface area contributed by atoms with Crippen molar-refractivity contribution in [2.24, 2.45) is 5.84 Å². The van der Waals surface area contributed by atoms with Crippen molar-refractivity contribution in [1.29, 1.82) is 0 Å². The van der Waals surface area contributed by atoms with Gasteiger partial charge in [-0.2, -0.15) is 0 Å². The summed E-state index contributed by atoms with van der Waals surface area (Å²) in [5, 5.41) is 0.505. The van der Waals surface area contributed by atoms with Crippen molar-refractivity contribution in [3.63, 3.8) is 0 Å². The molecule has 0 saturated heterocycles. The number of hydrogen-bond acceptors (Lipinski definition) is 3. The van der Waals surface area contributed by atoms with Gasteiger partial charge in [-0.1, -0.05) is 17.7 Å². The normalized spacial score (nSPS) is 12.4. The first kappa shape index (κ1) is 14.9. The number of hydrazine groups is 1. The van der Waals surface area contributed by atoms with Crippen molar-refractivity contribution in [2.75, 3.05) is 0 Å². The minimum atomic E-state index is -0.292. The van der Waals surface area contributed by atoms with Crippen LogP contribution in [0.15, 0.2) is 30.5 Å². The molecule has 3 N–H and O–H groups in total. The Bertz CT molecular complexity index is 616. The molecule has 20 heavy (non-hydrogen) atoms. The van der Waals surface area contributed by atoms with Gasteiger partial charge in [0.05, 0.1) is 11.7 Å². The maximum absolute atomic E-state index is 13.8. The first-order valence-corrected chi connectivity index (χ1v) is 6.72. The molecular formula is C15H17ClFN3. The van der Waals surface area contributed by atoms with Gasteiger partial charge in [-0.15, -0.1) is 0 Å². The Labute approximate surface area is 122 Å². The number of benzene rings is 1. The molecule has 1 aromatic heterocycles. The minimum absolute atomic E-state index is 0.261. The van der Waals surface area contributed by atoms with E-state index in [0.717, 1.165) is 16.8 Å². The molecule has 1 aromatic carbocycles. The van der Waals surface area contributed by atoms with Crippen molar-refractivity contribution in [3.05, 3.63) is 63.7 Å². The van der Waals surface area contributed by atoms with Crippen molar-refractivity contribution in [1.82, 2.24) is 10.4 Å². The monoisotopic (exact) mass is 293 g/mol. The number of pyridine rings is 1. The number of nitrogens with two attached hydrogens (primary N) is 1. The second-order valence-electron chi connectivity index (χ2n) is 4.87. The van der Waals surface area contributed by atoms with E-state index in [1.54, 1.807) is 12.3 Å². The molecule has 0 aliphatic carbocycles. The zero-order valence-electron chi connectivity index (χ0n) is 11.5. The molecule has 1 unspecified atom stereocenters. The number of nitrogens with zero attached hydrogens (tertiary/aromatic N) is 1. The van der Waals surface area contributed by atoms with Crippen LogP contribution in [0.4, 0.5) is 4.39 Å². The molecule has 0 saturated carbocycles. The van der Waals surface area contributed by atoms with Gasteiger partial charge in [0.25, 0.3) is 0 Å². The fourth-order valence-corrected chi connectivity index (χ4v) is 2.44. The Morgan fingerprint density at radius 3 is 2.75 bits per heavy atom. The van der Waals surface area contributed by atoms with Crippen LogP contribution in [0.5, 0.6) is 0 Å². The molecule has 0 aliphatic rings. The van der Waals surface area contributed by atoms with E-state index >= 15 is 0 Å². The van der Waals surface area contributed by atoms with Crippen LogP contribution in [0.2, 0.25) is 5.02 Å². The third-order valence-electron chi connectivity index (χ3n) is 3.22. The van der Waals surface area contributed by atoms with Crippen LogP contribution in [-0.4, -0.2) is 4.98 Å². The fourth-order valence-electron chi connectivity index (χ4n) is 2.24. The number of aromatic nitrogens is 1. The van der Waals surface area contributed by atoms with Gasteiger partial charge < -0.3 is 0 Å². The summed E-state index contributed by atoms with van der Waals surface area (Å²) in [6.07, 6.45) is 2.17. The van der Waals surface area contributed by atoms with Crippen LogP contribution in [0.25, 0.3) is 0 Å². The third-order valence-corrected chi connectivity index (χ3v) is 3.45. The second-order valence-corrected chi connectivity index (χ2v) is 5.31. The number of rotatable bonds is 4. The van der Waals surface area contributed by atoms with Crippen molar-refractivity contribution in [2.45, 2.75) is 26.3 Å². The van der Waals surface area contributed by atoms with E-state index in [2.05, 4.69) is 10.4 Å². The first-order chi connectivity index (χ1) is 9.51. The lowest BCUT2D eigenvalue weighted by molar-refractivity contribution is 0.516. The predicted molar refractivity (Wildman–Crippen MR) is 78.9 cm³/mol. The smallest absolute Gasteiger partial charge is 0.126 e. The molecule has 0 fully saturated rings. The average molecular weight is 294 g/mol. The molecule has 106 valence electrons. The maximum atomic E-state index is 13.8. The van der Waals surface area contributed by atoms with E-state index < -0.39 is 0 Å². The molecule has 0 spiro atoms. The van der Waals surface area contributed by atoms with Crippen LogP contribution in [0.3, 0.4) is 0 Å². The standard InChI is InChI=1S/C15H17ClFN3/c1-9-5-10(2)15(19-8-9)14(20-18)7-11-6-12(16)3-4-13(11)17/h3-6,8,14,20H,7,18H2,1-2H3. The van der Waals surface area contributed by atoms with Crippen LogP contribution < -0.4 is 11.3 Å². The molecular weight excluding hydrogens is 277 g/mol. The molecule has 2 rings (SSSR count). The zero-order valence-corrected chi connectivity index (χ0v) is 12.2. The molecule has 0 bridgehead atoms. The Kier molecular flexibility index (Phi) is 4.70. The van der Waals surface area contributed by atoms with Gasteiger partial charge in [-0.25, -0.2) is 4.39 Å². The van der Waals surface area contributed by atoms with Gasteiger partial charge in [0.2, 0.25) is 0 Å². The van der Waals surface area contributed by atoms with Crippen LogP contribution >= 0.6 is 11.6 Å². The van der Waals surface area contributed by atoms with Crippen LogP contribution in [-0.2, 0) is 6.42 Å². The lowest BCUT2D eigenvalue weighted by atomic mass is 9.99. The third kappa shape index (κ3) is 3.33. The van der Waals surface area contributed by atoms with E-state index in [1.807, 2.05) is 19.9 Å². The van der Waals surface area contributed by atoms with Crippen molar-refractivity contribution >= 4 is 11.6 Å². The number of hydrogen-bond donors (Lipinski definition) is 2. The van der Waals surface area contributed by atoms with Gasteiger partial charge in [-0.05, 0) is 55.2 Å². The van der Waals surface area contributed by atoms with E-state index in [1.165, 1.54) is 12.1 Å². The van der Waals surface area contributed by atoms with E-state index in [-0.39, 0.29) is 11.9 Å². The van der Waals surface area contributed by atoms with Crippen LogP contribution in [0, 0.1) is 19.7 Å². The first-order valence-electron chi connectivity index (χ1n) is 6.34. The predicted octanol–water partition coefficient (Wildman–Crippen LogP) is 3.24. The summed E-state index contributed by atoms with van der Waals surface area (Å²) in [5.74, 6) is 5.31. The van der Waals surface area contributed by atoms with Crippen LogP contribution in [0.1, 0.15) is 28.4 Å². The topological polar surface area (TPSA) is 50.9 Å². The molecule has 5 heteroatoms.